The zero-order valence-corrected chi connectivity index (χ0v) is 21.1. The van der Waals surface area contributed by atoms with Crippen molar-refractivity contribution in [3.05, 3.63) is 18.5 Å². The molecule has 1 fully saturated rings. The number of aliphatic imine (C=N–C) groups is 1. The number of amides is 1. The Morgan fingerprint density at radius 1 is 1.17 bits per heavy atom. The fraction of sp³-hybridized carbons (Fsp3) is 0.750. The van der Waals surface area contributed by atoms with Crippen molar-refractivity contribution in [2.24, 2.45) is 4.99 Å². The summed E-state index contributed by atoms with van der Waals surface area (Å²) in [5.74, 6) is 0.848. The lowest BCUT2D eigenvalue weighted by Crippen LogP contribution is -2.51. The van der Waals surface area contributed by atoms with Gasteiger partial charge in [-0.05, 0) is 40.2 Å². The third-order valence-electron chi connectivity index (χ3n) is 4.46. The third-order valence-corrected chi connectivity index (χ3v) is 4.46. The van der Waals surface area contributed by atoms with Crippen LogP contribution in [0.25, 0.3) is 0 Å². The second kappa shape index (κ2) is 13.7. The number of nitrogens with one attached hydrogen (secondary N) is 2. The first-order valence-corrected chi connectivity index (χ1v) is 10.6. The second-order valence-electron chi connectivity index (χ2n) is 8.12. The van der Waals surface area contributed by atoms with Crippen LogP contribution >= 0.6 is 24.0 Å². The molecule has 2 rings (SSSR count). The Balaban J connectivity index is 0.00000450. The summed E-state index contributed by atoms with van der Waals surface area (Å²) in [6, 6.07) is 1.93. The first-order valence-electron chi connectivity index (χ1n) is 10.6. The molecule has 0 spiro atoms. The molecule has 1 saturated heterocycles. The summed E-state index contributed by atoms with van der Waals surface area (Å²) in [4.78, 5) is 20.9. The normalized spacial score (nSPS) is 15.5. The third kappa shape index (κ3) is 10.5. The largest absolute Gasteiger partial charge is 0.444 e. The molecule has 0 atom stereocenters. The van der Waals surface area contributed by atoms with Crippen LogP contribution in [0.3, 0.4) is 0 Å². The van der Waals surface area contributed by atoms with Crippen LogP contribution in [-0.4, -0.2) is 89.6 Å². The summed E-state index contributed by atoms with van der Waals surface area (Å²) < 4.78 is 7.37. The topological polar surface area (TPSA) is 87.0 Å². The Bertz CT molecular complexity index is 624. The maximum atomic E-state index is 12.1. The van der Waals surface area contributed by atoms with Crippen molar-refractivity contribution in [2.75, 3.05) is 52.4 Å². The minimum Gasteiger partial charge on any atom is -0.444 e. The number of hydrogen-bond acceptors (Lipinski definition) is 5. The molecule has 1 aliphatic heterocycles. The van der Waals surface area contributed by atoms with Gasteiger partial charge in [-0.2, -0.15) is 5.10 Å². The van der Waals surface area contributed by atoms with Gasteiger partial charge < -0.3 is 20.3 Å². The van der Waals surface area contributed by atoms with E-state index in [1.807, 2.05) is 37.7 Å². The molecule has 0 radical (unpaired) electrons. The summed E-state index contributed by atoms with van der Waals surface area (Å²) in [7, 11) is 0. The minimum atomic E-state index is -0.446. The van der Waals surface area contributed by atoms with Crippen molar-refractivity contribution in [3.8, 4) is 0 Å². The lowest BCUT2D eigenvalue weighted by atomic mass is 10.2. The van der Waals surface area contributed by atoms with Gasteiger partial charge in [0.05, 0.1) is 0 Å². The van der Waals surface area contributed by atoms with Crippen LogP contribution in [0, 0.1) is 0 Å². The van der Waals surface area contributed by atoms with Gasteiger partial charge in [0, 0.05) is 71.3 Å². The number of carbonyl (C=O) groups excluding carboxylic acids is 1. The standard InChI is InChI=1S/C20H37N7O2.HI/c1-5-21-18(22-8-6-11-27-12-7-9-24-27)23-10-13-25-14-16-26(17-15-25)19(28)29-20(2,3)4;/h7,9,12H,5-6,8,10-11,13-17H2,1-4H3,(H2,21,22,23);1H. The summed E-state index contributed by atoms with van der Waals surface area (Å²) in [6.07, 6.45) is 4.50. The van der Waals surface area contributed by atoms with E-state index in [2.05, 4.69) is 32.5 Å². The smallest absolute Gasteiger partial charge is 0.410 e. The molecule has 0 aromatic carbocycles. The van der Waals surface area contributed by atoms with Gasteiger partial charge in [0.1, 0.15) is 5.60 Å². The molecule has 10 heteroatoms. The molecule has 30 heavy (non-hydrogen) atoms. The van der Waals surface area contributed by atoms with Crippen LogP contribution in [0.5, 0.6) is 0 Å². The van der Waals surface area contributed by atoms with E-state index in [4.69, 9.17) is 4.74 Å². The van der Waals surface area contributed by atoms with E-state index in [1.165, 1.54) is 0 Å². The first-order chi connectivity index (χ1) is 13.9. The average Bonchev–Trinajstić information content (AvgIpc) is 3.18. The van der Waals surface area contributed by atoms with Gasteiger partial charge in [-0.15, -0.1) is 24.0 Å². The van der Waals surface area contributed by atoms with E-state index < -0.39 is 5.60 Å². The van der Waals surface area contributed by atoms with Crippen LogP contribution in [0.2, 0.25) is 0 Å². The quantitative estimate of drug-likeness (QED) is 0.229. The molecule has 172 valence electrons. The van der Waals surface area contributed by atoms with E-state index in [-0.39, 0.29) is 30.1 Å². The van der Waals surface area contributed by atoms with Crippen molar-refractivity contribution >= 4 is 36.0 Å². The molecule has 1 amide bonds. The van der Waals surface area contributed by atoms with Crippen LogP contribution in [0.1, 0.15) is 34.1 Å². The molecular weight excluding hydrogens is 497 g/mol. The highest BCUT2D eigenvalue weighted by atomic mass is 127. The van der Waals surface area contributed by atoms with Crippen LogP contribution in [-0.2, 0) is 11.3 Å². The van der Waals surface area contributed by atoms with E-state index in [1.54, 1.807) is 11.1 Å². The van der Waals surface area contributed by atoms with Crippen LogP contribution in [0.4, 0.5) is 4.79 Å². The first kappa shape index (κ1) is 26.5. The zero-order chi connectivity index (χ0) is 21.1. The summed E-state index contributed by atoms with van der Waals surface area (Å²) in [5.41, 5.74) is -0.446. The number of rotatable bonds is 8. The Morgan fingerprint density at radius 3 is 2.50 bits per heavy atom. The lowest BCUT2D eigenvalue weighted by Gasteiger charge is -2.35. The fourth-order valence-corrected chi connectivity index (χ4v) is 3.01. The van der Waals surface area contributed by atoms with Gasteiger partial charge in [-0.1, -0.05) is 0 Å². The number of guanidine groups is 1. The number of piperazine rings is 1. The Labute approximate surface area is 197 Å². The van der Waals surface area contributed by atoms with Gasteiger partial charge in [0.2, 0.25) is 0 Å². The van der Waals surface area contributed by atoms with Gasteiger partial charge in [0.15, 0.2) is 5.96 Å². The van der Waals surface area contributed by atoms with Gasteiger partial charge in [0.25, 0.3) is 0 Å². The summed E-state index contributed by atoms with van der Waals surface area (Å²) in [6.45, 7) is 15.1. The van der Waals surface area contributed by atoms with Crippen molar-refractivity contribution in [1.29, 1.82) is 0 Å². The highest BCUT2D eigenvalue weighted by Gasteiger charge is 2.25. The van der Waals surface area contributed by atoms with Crippen LogP contribution in [0.15, 0.2) is 23.5 Å². The molecule has 0 unspecified atom stereocenters. The summed E-state index contributed by atoms with van der Waals surface area (Å²) >= 11 is 0. The number of halogens is 1. The SMILES string of the molecule is CCNC(=NCCCn1cccn1)NCCN1CCN(C(=O)OC(C)(C)C)CC1.I. The molecule has 0 bridgehead atoms. The van der Waals surface area contributed by atoms with E-state index in [0.717, 1.165) is 58.2 Å². The highest BCUT2D eigenvalue weighted by Crippen LogP contribution is 2.11. The maximum absolute atomic E-state index is 12.1. The van der Waals surface area contributed by atoms with Crippen molar-refractivity contribution in [3.63, 3.8) is 0 Å². The van der Waals surface area contributed by atoms with Crippen molar-refractivity contribution in [2.45, 2.75) is 46.3 Å². The van der Waals surface area contributed by atoms with E-state index in [0.29, 0.717) is 13.1 Å². The predicted molar refractivity (Wildman–Crippen MR) is 130 cm³/mol. The molecule has 2 N–H and O–H groups in total. The number of aromatic nitrogens is 2. The highest BCUT2D eigenvalue weighted by molar-refractivity contribution is 14.0. The molecule has 2 heterocycles. The predicted octanol–water partition coefficient (Wildman–Crippen LogP) is 2.00. The van der Waals surface area contributed by atoms with Gasteiger partial charge in [-0.3, -0.25) is 14.6 Å². The number of carbonyl (C=O) groups is 1. The van der Waals surface area contributed by atoms with Crippen molar-refractivity contribution in [1.82, 2.24) is 30.2 Å². The number of aryl methyl sites for hydroxylation is 1. The Morgan fingerprint density at radius 2 is 1.90 bits per heavy atom. The lowest BCUT2D eigenvalue weighted by molar-refractivity contribution is 0.0147. The maximum Gasteiger partial charge on any atom is 0.410 e. The molecular formula is C20H38IN7O2. The second-order valence-corrected chi connectivity index (χ2v) is 8.12. The van der Waals surface area contributed by atoms with Gasteiger partial charge in [-0.25, -0.2) is 4.79 Å². The van der Waals surface area contributed by atoms with Gasteiger partial charge >= 0.3 is 6.09 Å². The molecule has 0 aliphatic carbocycles. The van der Waals surface area contributed by atoms with Crippen LogP contribution < -0.4 is 10.6 Å². The molecule has 9 nitrogen and oxygen atoms in total. The number of ether oxygens (including phenoxy) is 1. The Kier molecular flexibility index (Phi) is 12.1. The fourth-order valence-electron chi connectivity index (χ4n) is 3.01. The molecule has 1 aromatic heterocycles. The molecule has 1 aliphatic rings. The van der Waals surface area contributed by atoms with E-state index in [9.17, 15) is 4.79 Å². The van der Waals surface area contributed by atoms with E-state index >= 15 is 0 Å². The number of hydrogen-bond donors (Lipinski definition) is 2. The minimum absolute atomic E-state index is 0. The average molecular weight is 535 g/mol. The summed E-state index contributed by atoms with van der Waals surface area (Å²) in [5, 5.41) is 10.9. The molecule has 0 saturated carbocycles. The monoisotopic (exact) mass is 535 g/mol. The Hall–Kier alpha value is -1.56. The zero-order valence-electron chi connectivity index (χ0n) is 18.8. The van der Waals surface area contributed by atoms with Crippen molar-refractivity contribution < 1.29 is 9.53 Å². The number of nitrogens with zero attached hydrogens (tertiary/aromatic N) is 5. The molecule has 1 aromatic rings.